The summed E-state index contributed by atoms with van der Waals surface area (Å²) < 4.78 is 13.0. The molecule has 1 aromatic heterocycles. The van der Waals surface area contributed by atoms with E-state index in [4.69, 9.17) is 21.7 Å². The number of H-pyrrole nitrogens is 1. The van der Waals surface area contributed by atoms with Crippen LogP contribution in [0, 0.1) is 11.7 Å². The summed E-state index contributed by atoms with van der Waals surface area (Å²) in [7, 11) is 0. The van der Waals surface area contributed by atoms with E-state index in [0.29, 0.717) is 12.2 Å². The monoisotopic (exact) mass is 316 g/mol. The molecule has 2 heterocycles. The molecule has 2 rings (SSSR count). The molecule has 0 spiro atoms. The Bertz CT molecular complexity index is 599. The summed E-state index contributed by atoms with van der Waals surface area (Å²) in [5.74, 6) is 0. The third kappa shape index (κ3) is 3.24. The zero-order valence-corrected chi connectivity index (χ0v) is 12.8. The average molecular weight is 316 g/mol. The lowest BCUT2D eigenvalue weighted by Crippen LogP contribution is -2.36. The Morgan fingerprint density at radius 2 is 2.29 bits per heavy atom. The number of aliphatic hydroxyl groups is 2. The van der Waals surface area contributed by atoms with Crippen molar-refractivity contribution in [3.05, 3.63) is 26.9 Å². The van der Waals surface area contributed by atoms with Crippen LogP contribution in [0.1, 0.15) is 25.1 Å². The van der Waals surface area contributed by atoms with E-state index in [2.05, 4.69) is 4.98 Å². The molecule has 1 aromatic rings. The average Bonchev–Trinajstić information content (AvgIpc) is 2.77. The summed E-state index contributed by atoms with van der Waals surface area (Å²) in [6.07, 6.45) is -0.686. The first-order valence-electron chi connectivity index (χ1n) is 6.87. The molecule has 7 nitrogen and oxygen atoms in total. The lowest BCUT2D eigenvalue weighted by molar-refractivity contribution is -0.0734. The predicted molar refractivity (Wildman–Crippen MR) is 77.7 cm³/mol. The highest BCUT2D eigenvalue weighted by atomic mass is 32.1. The van der Waals surface area contributed by atoms with Crippen LogP contribution in [-0.2, 0) is 9.47 Å². The number of ether oxygens (including phenoxy) is 2. The highest BCUT2D eigenvalue weighted by Gasteiger charge is 2.45. The summed E-state index contributed by atoms with van der Waals surface area (Å²) >= 11 is 5.14. The van der Waals surface area contributed by atoms with Crippen molar-refractivity contribution in [3.8, 4) is 0 Å². The first-order valence-corrected chi connectivity index (χ1v) is 7.28. The van der Waals surface area contributed by atoms with Crippen molar-refractivity contribution in [2.45, 2.75) is 44.8 Å². The SMILES string of the molecule is CCCOC1C(O)[C@H](CO)O[C@@H]1n1cc(C)c(=O)[nH]c1=S. The quantitative estimate of drug-likeness (QED) is 0.674. The summed E-state index contributed by atoms with van der Waals surface area (Å²) in [4.78, 5) is 14.1. The molecule has 0 radical (unpaired) electrons. The summed E-state index contributed by atoms with van der Waals surface area (Å²) in [6, 6.07) is 0. The van der Waals surface area contributed by atoms with Gasteiger partial charge in [-0.1, -0.05) is 6.92 Å². The Morgan fingerprint density at radius 3 is 2.90 bits per heavy atom. The van der Waals surface area contributed by atoms with Gasteiger partial charge in [0.05, 0.1) is 6.61 Å². The van der Waals surface area contributed by atoms with Crippen LogP contribution in [0.5, 0.6) is 0 Å². The molecule has 0 amide bonds. The number of aromatic amines is 1. The Morgan fingerprint density at radius 1 is 1.57 bits per heavy atom. The van der Waals surface area contributed by atoms with Gasteiger partial charge in [-0.25, -0.2) is 0 Å². The Labute approximate surface area is 127 Å². The molecule has 4 atom stereocenters. The van der Waals surface area contributed by atoms with Crippen LogP contribution < -0.4 is 5.56 Å². The normalized spacial score (nSPS) is 29.0. The number of aromatic nitrogens is 2. The fourth-order valence-electron chi connectivity index (χ4n) is 2.30. The van der Waals surface area contributed by atoms with E-state index in [1.807, 2.05) is 6.92 Å². The number of hydrogen-bond acceptors (Lipinski definition) is 6. The standard InChI is InChI=1S/C13H20N2O5S/c1-3-4-19-10-9(17)8(6-16)20-12(10)15-5-7(2)11(18)14-13(15)21/h5,8-10,12,16-17H,3-4,6H2,1-2H3,(H,14,18,21)/t8-,9?,10?,12-/m0/s1. The largest absolute Gasteiger partial charge is 0.394 e. The second kappa shape index (κ2) is 6.80. The molecule has 118 valence electrons. The molecule has 0 bridgehead atoms. The molecule has 21 heavy (non-hydrogen) atoms. The Kier molecular flexibility index (Phi) is 5.28. The molecule has 3 N–H and O–H groups in total. The molecular weight excluding hydrogens is 296 g/mol. The second-order valence-electron chi connectivity index (χ2n) is 5.05. The van der Waals surface area contributed by atoms with Crippen molar-refractivity contribution in [2.75, 3.05) is 13.2 Å². The van der Waals surface area contributed by atoms with Crippen LogP contribution >= 0.6 is 12.2 Å². The fourth-order valence-corrected chi connectivity index (χ4v) is 2.55. The van der Waals surface area contributed by atoms with E-state index in [1.165, 1.54) is 0 Å². The molecule has 2 unspecified atom stereocenters. The minimum absolute atomic E-state index is 0.187. The minimum Gasteiger partial charge on any atom is -0.394 e. The van der Waals surface area contributed by atoms with Crippen LogP contribution in [0.3, 0.4) is 0 Å². The fraction of sp³-hybridized carbons (Fsp3) is 0.692. The number of aryl methyl sites for hydroxylation is 1. The number of nitrogens with zero attached hydrogens (tertiary/aromatic N) is 1. The van der Waals surface area contributed by atoms with Gasteiger partial charge >= 0.3 is 0 Å². The molecule has 0 aromatic carbocycles. The maximum absolute atomic E-state index is 11.5. The zero-order chi connectivity index (χ0) is 15.6. The van der Waals surface area contributed by atoms with Gasteiger partial charge in [-0.2, -0.15) is 0 Å². The van der Waals surface area contributed by atoms with Crippen LogP contribution in [-0.4, -0.2) is 51.3 Å². The molecule has 1 saturated heterocycles. The predicted octanol–water partition coefficient (Wildman–Crippen LogP) is 0.260. The molecular formula is C13H20N2O5S. The van der Waals surface area contributed by atoms with Crippen LogP contribution in [0.4, 0.5) is 0 Å². The van der Waals surface area contributed by atoms with Crippen molar-refractivity contribution in [3.63, 3.8) is 0 Å². The summed E-state index contributed by atoms with van der Waals surface area (Å²) in [6.45, 7) is 3.74. The van der Waals surface area contributed by atoms with Gasteiger partial charge in [-0.15, -0.1) is 0 Å². The van der Waals surface area contributed by atoms with Crippen molar-refractivity contribution < 1.29 is 19.7 Å². The maximum atomic E-state index is 11.5. The van der Waals surface area contributed by atoms with E-state index in [0.717, 1.165) is 6.42 Å². The van der Waals surface area contributed by atoms with E-state index >= 15 is 0 Å². The van der Waals surface area contributed by atoms with E-state index in [1.54, 1.807) is 17.7 Å². The maximum Gasteiger partial charge on any atom is 0.254 e. The Hall–Kier alpha value is -1.06. The molecule has 1 aliphatic rings. The van der Waals surface area contributed by atoms with Gasteiger partial charge < -0.3 is 19.7 Å². The van der Waals surface area contributed by atoms with E-state index < -0.39 is 24.5 Å². The number of aliphatic hydroxyl groups excluding tert-OH is 2. The first-order chi connectivity index (χ1) is 9.99. The van der Waals surface area contributed by atoms with Crippen LogP contribution in [0.15, 0.2) is 11.0 Å². The van der Waals surface area contributed by atoms with Crippen molar-refractivity contribution in [1.29, 1.82) is 0 Å². The van der Waals surface area contributed by atoms with E-state index in [-0.39, 0.29) is 16.9 Å². The summed E-state index contributed by atoms with van der Waals surface area (Å²) in [5, 5.41) is 19.5. The molecule has 0 aliphatic carbocycles. The van der Waals surface area contributed by atoms with Crippen LogP contribution in [0.25, 0.3) is 0 Å². The highest BCUT2D eigenvalue weighted by Crippen LogP contribution is 2.31. The van der Waals surface area contributed by atoms with Gasteiger partial charge in [0.15, 0.2) is 11.0 Å². The van der Waals surface area contributed by atoms with Crippen molar-refractivity contribution in [1.82, 2.24) is 9.55 Å². The summed E-state index contributed by atoms with van der Waals surface area (Å²) in [5.41, 5.74) is 0.211. The topological polar surface area (TPSA) is 96.7 Å². The third-order valence-electron chi connectivity index (χ3n) is 3.43. The zero-order valence-electron chi connectivity index (χ0n) is 12.0. The number of rotatable bonds is 5. The molecule has 0 saturated carbocycles. The molecule has 1 aliphatic heterocycles. The minimum atomic E-state index is -0.958. The second-order valence-corrected chi connectivity index (χ2v) is 5.44. The van der Waals surface area contributed by atoms with Gasteiger partial charge in [0, 0.05) is 18.4 Å². The van der Waals surface area contributed by atoms with Gasteiger partial charge in [-0.05, 0) is 25.6 Å². The van der Waals surface area contributed by atoms with Crippen LogP contribution in [0.2, 0.25) is 0 Å². The van der Waals surface area contributed by atoms with Crippen molar-refractivity contribution >= 4 is 12.2 Å². The Balaban J connectivity index is 2.37. The first kappa shape index (κ1) is 16.3. The molecule has 8 heteroatoms. The van der Waals surface area contributed by atoms with Gasteiger partial charge in [0.1, 0.15) is 18.3 Å². The number of hydrogen-bond donors (Lipinski definition) is 3. The highest BCUT2D eigenvalue weighted by molar-refractivity contribution is 7.71. The van der Waals surface area contributed by atoms with Gasteiger partial charge in [0.25, 0.3) is 5.56 Å². The van der Waals surface area contributed by atoms with Gasteiger partial charge in [-0.3, -0.25) is 14.3 Å². The van der Waals surface area contributed by atoms with E-state index in [9.17, 15) is 15.0 Å². The smallest absolute Gasteiger partial charge is 0.254 e. The van der Waals surface area contributed by atoms with Gasteiger partial charge in [0.2, 0.25) is 0 Å². The van der Waals surface area contributed by atoms with Crippen molar-refractivity contribution in [2.24, 2.45) is 0 Å². The lowest BCUT2D eigenvalue weighted by atomic mass is 10.1. The lowest BCUT2D eigenvalue weighted by Gasteiger charge is -2.23. The number of nitrogens with one attached hydrogen (secondary N) is 1. The third-order valence-corrected chi connectivity index (χ3v) is 3.74. The molecule has 1 fully saturated rings.